The van der Waals surface area contributed by atoms with Crippen molar-refractivity contribution in [2.75, 3.05) is 7.11 Å². The number of amides is 1. The number of aliphatic hydroxyl groups excluding tert-OH is 1. The molecule has 1 aromatic carbocycles. The third kappa shape index (κ3) is 3.97. The number of Topliss-reactive ketones (excluding diaryl/α,β-unsaturated/α-hetero) is 1. The number of halogens is 1. The molecule has 174 valence electrons. The van der Waals surface area contributed by atoms with Crippen LogP contribution in [0.5, 0.6) is 0 Å². The van der Waals surface area contributed by atoms with Crippen molar-refractivity contribution in [2.45, 2.75) is 26.4 Å². The maximum absolute atomic E-state index is 13.2. The summed E-state index contributed by atoms with van der Waals surface area (Å²) in [4.78, 5) is 46.9. The number of likely N-dealkylation sites (tertiary alicyclic amines) is 1. The molecule has 1 saturated heterocycles. The smallest absolute Gasteiger partial charge is 0.354 e. The van der Waals surface area contributed by atoms with E-state index in [4.69, 9.17) is 16.3 Å². The molecule has 0 aliphatic carbocycles. The minimum absolute atomic E-state index is 0.0715. The topological polar surface area (TPSA) is 113 Å². The van der Waals surface area contributed by atoms with Gasteiger partial charge in [-0.3, -0.25) is 14.6 Å². The molecule has 0 radical (unpaired) electrons. The Balaban J connectivity index is 1.91. The number of benzene rings is 1. The number of methoxy groups -OCH3 is 1. The first-order valence-corrected chi connectivity index (χ1v) is 10.8. The predicted molar refractivity (Wildman–Crippen MR) is 125 cm³/mol. The summed E-state index contributed by atoms with van der Waals surface area (Å²) in [6.07, 6.45) is 3.23. The zero-order chi connectivity index (χ0) is 24.6. The summed E-state index contributed by atoms with van der Waals surface area (Å²) in [5, 5.41) is 11.9. The van der Waals surface area contributed by atoms with Crippen LogP contribution in [0.3, 0.4) is 0 Å². The number of carbonyl (C=O) groups is 3. The van der Waals surface area contributed by atoms with E-state index in [1.54, 1.807) is 62.6 Å². The number of rotatable bonds is 5. The fourth-order valence-electron chi connectivity index (χ4n) is 4.27. The highest BCUT2D eigenvalue weighted by Gasteiger charge is 2.46. The molecule has 1 atom stereocenters. The maximum atomic E-state index is 13.2. The molecule has 8 nitrogen and oxygen atoms in total. The van der Waals surface area contributed by atoms with Gasteiger partial charge in [0, 0.05) is 35.2 Å². The molecular formula is C25H22ClN3O5. The number of ether oxygens (including phenoxy) is 1. The van der Waals surface area contributed by atoms with Crippen LogP contribution < -0.4 is 0 Å². The van der Waals surface area contributed by atoms with Gasteiger partial charge >= 0.3 is 5.97 Å². The molecule has 1 fully saturated rings. The van der Waals surface area contributed by atoms with Crippen LogP contribution in [0.15, 0.2) is 54.4 Å². The van der Waals surface area contributed by atoms with Gasteiger partial charge in [0.25, 0.3) is 11.7 Å². The van der Waals surface area contributed by atoms with Gasteiger partial charge in [-0.05, 0) is 48.7 Å². The zero-order valence-electron chi connectivity index (χ0n) is 18.8. The predicted octanol–water partition coefficient (Wildman–Crippen LogP) is 4.09. The van der Waals surface area contributed by atoms with Gasteiger partial charge in [0.1, 0.15) is 11.5 Å². The molecule has 9 heteroatoms. The Morgan fingerprint density at radius 3 is 2.53 bits per heavy atom. The molecule has 2 N–H and O–H groups in total. The van der Waals surface area contributed by atoms with Crippen LogP contribution in [0.25, 0.3) is 5.76 Å². The van der Waals surface area contributed by atoms with Crippen LogP contribution >= 0.6 is 11.6 Å². The number of carbonyl (C=O) groups excluding carboxylic acids is 3. The van der Waals surface area contributed by atoms with E-state index in [0.29, 0.717) is 21.8 Å². The molecule has 3 heterocycles. The highest BCUT2D eigenvalue weighted by Crippen LogP contribution is 2.41. The molecule has 1 amide bonds. The lowest BCUT2D eigenvalue weighted by atomic mass is 9.94. The van der Waals surface area contributed by atoms with Crippen LogP contribution in [0.1, 0.15) is 44.5 Å². The first-order valence-electron chi connectivity index (χ1n) is 10.4. The van der Waals surface area contributed by atoms with Crippen LogP contribution in [-0.2, 0) is 20.9 Å². The van der Waals surface area contributed by atoms with E-state index in [9.17, 15) is 19.5 Å². The highest BCUT2D eigenvalue weighted by atomic mass is 35.5. The Morgan fingerprint density at radius 2 is 1.91 bits per heavy atom. The molecule has 34 heavy (non-hydrogen) atoms. The van der Waals surface area contributed by atoms with Crippen LogP contribution in [0.4, 0.5) is 0 Å². The Morgan fingerprint density at radius 1 is 1.21 bits per heavy atom. The number of aromatic nitrogens is 2. The first-order chi connectivity index (χ1) is 16.2. The molecule has 1 aliphatic heterocycles. The average Bonchev–Trinajstić information content (AvgIpc) is 3.27. The Labute approximate surface area is 200 Å². The van der Waals surface area contributed by atoms with Gasteiger partial charge in [0.15, 0.2) is 0 Å². The van der Waals surface area contributed by atoms with E-state index >= 15 is 0 Å². The molecule has 3 aromatic rings. The van der Waals surface area contributed by atoms with Gasteiger partial charge in [0.05, 0.1) is 18.7 Å². The number of hydrogen-bond donors (Lipinski definition) is 2. The number of aryl methyl sites for hydroxylation is 1. The summed E-state index contributed by atoms with van der Waals surface area (Å²) in [6.45, 7) is 3.41. The SMILES string of the molecule is COC(=O)c1[nH]c(C)c(C(O)=C2C(=O)C(=O)N(Cc3cccnc3)[C@@H]2c2ccc(Cl)cc2)c1C. The van der Waals surface area contributed by atoms with Gasteiger partial charge in [-0.25, -0.2) is 4.79 Å². The molecule has 2 aromatic heterocycles. The highest BCUT2D eigenvalue weighted by molar-refractivity contribution is 6.46. The normalized spacial score (nSPS) is 17.3. The standard InChI is InChI=1S/C25H22ClN3O5/c1-13-18(14(2)28-20(13)25(33)34-3)22(30)19-21(16-6-8-17(26)9-7-16)29(24(32)23(19)31)12-15-5-4-10-27-11-15/h4-11,21,28,30H,12H2,1-3H3/t21-/m1/s1. The number of hydrogen-bond acceptors (Lipinski definition) is 6. The van der Waals surface area contributed by atoms with Gasteiger partial charge in [-0.2, -0.15) is 0 Å². The third-order valence-corrected chi connectivity index (χ3v) is 6.12. The summed E-state index contributed by atoms with van der Waals surface area (Å²) in [6, 6.07) is 9.40. The van der Waals surface area contributed by atoms with Crippen molar-refractivity contribution >= 4 is 35.0 Å². The number of aliphatic hydroxyl groups is 1. The van der Waals surface area contributed by atoms with Gasteiger partial charge < -0.3 is 19.7 Å². The number of H-pyrrole nitrogens is 1. The lowest BCUT2D eigenvalue weighted by Crippen LogP contribution is -2.29. The number of nitrogens with one attached hydrogen (secondary N) is 1. The Hall–Kier alpha value is -3.91. The summed E-state index contributed by atoms with van der Waals surface area (Å²) in [7, 11) is 1.25. The Bertz CT molecular complexity index is 1310. The average molecular weight is 480 g/mol. The second-order valence-electron chi connectivity index (χ2n) is 7.96. The number of esters is 1. The van der Waals surface area contributed by atoms with Crippen molar-refractivity contribution in [2.24, 2.45) is 0 Å². The largest absolute Gasteiger partial charge is 0.507 e. The second kappa shape index (κ2) is 9.15. The molecule has 0 spiro atoms. The first kappa shape index (κ1) is 23.3. The lowest BCUT2D eigenvalue weighted by Gasteiger charge is -2.25. The molecular weight excluding hydrogens is 458 g/mol. The van der Waals surface area contributed by atoms with E-state index in [-0.39, 0.29) is 29.1 Å². The molecule has 1 aliphatic rings. The van der Waals surface area contributed by atoms with E-state index in [1.165, 1.54) is 12.0 Å². The van der Waals surface area contributed by atoms with Crippen LogP contribution in [0.2, 0.25) is 5.02 Å². The third-order valence-electron chi connectivity index (χ3n) is 5.87. The quantitative estimate of drug-likeness (QED) is 0.247. The zero-order valence-corrected chi connectivity index (χ0v) is 19.5. The fourth-order valence-corrected chi connectivity index (χ4v) is 4.40. The summed E-state index contributed by atoms with van der Waals surface area (Å²) in [5.41, 5.74) is 2.57. The molecule has 0 unspecified atom stereocenters. The van der Waals surface area contributed by atoms with Crippen molar-refractivity contribution in [3.05, 3.63) is 93.0 Å². The maximum Gasteiger partial charge on any atom is 0.354 e. The van der Waals surface area contributed by atoms with Crippen molar-refractivity contribution < 1.29 is 24.2 Å². The van der Waals surface area contributed by atoms with E-state index in [1.807, 2.05) is 0 Å². The molecule has 4 rings (SSSR count). The number of nitrogens with zero attached hydrogens (tertiary/aromatic N) is 2. The van der Waals surface area contributed by atoms with Crippen molar-refractivity contribution in [3.63, 3.8) is 0 Å². The van der Waals surface area contributed by atoms with Crippen LogP contribution in [0, 0.1) is 13.8 Å². The van der Waals surface area contributed by atoms with E-state index < -0.39 is 23.7 Å². The minimum Gasteiger partial charge on any atom is -0.507 e. The van der Waals surface area contributed by atoms with Crippen molar-refractivity contribution in [3.8, 4) is 0 Å². The van der Waals surface area contributed by atoms with E-state index in [0.717, 1.165) is 5.56 Å². The monoisotopic (exact) mass is 479 g/mol. The van der Waals surface area contributed by atoms with Crippen LogP contribution in [-0.4, -0.2) is 44.7 Å². The van der Waals surface area contributed by atoms with Gasteiger partial charge in [-0.1, -0.05) is 29.8 Å². The van der Waals surface area contributed by atoms with Gasteiger partial charge in [0.2, 0.25) is 0 Å². The Kier molecular flexibility index (Phi) is 6.26. The van der Waals surface area contributed by atoms with Crippen molar-refractivity contribution in [1.29, 1.82) is 0 Å². The lowest BCUT2D eigenvalue weighted by molar-refractivity contribution is -0.140. The molecule has 0 bridgehead atoms. The summed E-state index contributed by atoms with van der Waals surface area (Å²) in [5.74, 6) is -2.54. The number of aromatic amines is 1. The number of pyridine rings is 1. The summed E-state index contributed by atoms with van der Waals surface area (Å²) >= 11 is 6.06. The molecule has 0 saturated carbocycles. The number of ketones is 1. The van der Waals surface area contributed by atoms with E-state index in [2.05, 4.69) is 9.97 Å². The summed E-state index contributed by atoms with van der Waals surface area (Å²) < 4.78 is 4.80. The fraction of sp³-hybridized carbons (Fsp3) is 0.200. The second-order valence-corrected chi connectivity index (χ2v) is 8.39. The van der Waals surface area contributed by atoms with Gasteiger partial charge in [-0.15, -0.1) is 0 Å². The minimum atomic E-state index is -0.868. The van der Waals surface area contributed by atoms with Crippen molar-refractivity contribution in [1.82, 2.24) is 14.9 Å².